The molecule has 0 bridgehead atoms. The highest BCUT2D eigenvalue weighted by Crippen LogP contribution is 2.38. The van der Waals surface area contributed by atoms with E-state index in [1.165, 1.54) is 18.3 Å². The molecule has 6 heteroatoms. The van der Waals surface area contributed by atoms with Gasteiger partial charge in [0.25, 0.3) is 5.91 Å². The van der Waals surface area contributed by atoms with Crippen molar-refractivity contribution in [2.75, 3.05) is 13.1 Å². The summed E-state index contributed by atoms with van der Waals surface area (Å²) < 4.78 is 7.40. The fraction of sp³-hybridized carbons (Fsp3) is 0.500. The Morgan fingerprint density at radius 2 is 2.25 bits per heavy atom. The molecule has 0 saturated carbocycles. The second kappa shape index (κ2) is 4.19. The number of fused-ring (bicyclic) bond motifs is 2. The molecule has 1 atom stereocenters. The van der Waals surface area contributed by atoms with E-state index in [0.717, 1.165) is 38.8 Å². The van der Waals surface area contributed by atoms with Crippen LogP contribution in [0.25, 0.3) is 0 Å². The van der Waals surface area contributed by atoms with Gasteiger partial charge in [0, 0.05) is 25.0 Å². The van der Waals surface area contributed by atoms with Crippen LogP contribution >= 0.6 is 0 Å². The maximum absolute atomic E-state index is 12.4. The summed E-state index contributed by atoms with van der Waals surface area (Å²) in [6.07, 6.45) is 11.0. The number of imidazole rings is 1. The van der Waals surface area contributed by atoms with E-state index in [4.69, 9.17) is 4.42 Å². The molecule has 6 nitrogen and oxygen atoms in total. The summed E-state index contributed by atoms with van der Waals surface area (Å²) in [5.41, 5.74) is 1.31. The molecule has 0 N–H and O–H groups in total. The lowest BCUT2D eigenvalue weighted by molar-refractivity contribution is 0.0736. The van der Waals surface area contributed by atoms with Gasteiger partial charge >= 0.3 is 0 Å². The van der Waals surface area contributed by atoms with E-state index in [2.05, 4.69) is 14.5 Å². The maximum Gasteiger partial charge on any atom is 0.291 e. The lowest BCUT2D eigenvalue weighted by Crippen LogP contribution is -2.41. The van der Waals surface area contributed by atoms with Gasteiger partial charge in [0.1, 0.15) is 0 Å². The molecule has 104 valence electrons. The number of nitrogens with zero attached hydrogens (tertiary/aromatic N) is 4. The number of rotatable bonds is 1. The largest absolute Gasteiger partial charge is 0.438 e. The van der Waals surface area contributed by atoms with E-state index in [0.29, 0.717) is 5.76 Å². The van der Waals surface area contributed by atoms with Gasteiger partial charge < -0.3 is 13.9 Å². The van der Waals surface area contributed by atoms with Crippen molar-refractivity contribution < 1.29 is 9.21 Å². The zero-order valence-electron chi connectivity index (χ0n) is 11.2. The molecule has 1 fully saturated rings. The Morgan fingerprint density at radius 1 is 1.30 bits per heavy atom. The molecule has 1 spiro atoms. The Labute approximate surface area is 116 Å². The molecule has 1 saturated heterocycles. The number of carbonyl (C=O) groups is 1. The van der Waals surface area contributed by atoms with E-state index in [1.807, 2.05) is 17.4 Å². The third-order valence-corrected chi connectivity index (χ3v) is 4.56. The summed E-state index contributed by atoms with van der Waals surface area (Å²) in [6.45, 7) is 1.49. The second-order valence-electron chi connectivity index (χ2n) is 5.68. The van der Waals surface area contributed by atoms with Crippen LogP contribution in [0.2, 0.25) is 0 Å². The van der Waals surface area contributed by atoms with E-state index in [1.54, 1.807) is 0 Å². The number of aromatic nitrogens is 3. The quantitative estimate of drug-likeness (QED) is 0.788. The van der Waals surface area contributed by atoms with Gasteiger partial charge in [-0.1, -0.05) is 0 Å². The molecule has 0 radical (unpaired) electrons. The first kappa shape index (κ1) is 11.7. The van der Waals surface area contributed by atoms with Crippen molar-refractivity contribution in [3.8, 4) is 0 Å². The minimum Gasteiger partial charge on any atom is -0.438 e. The Morgan fingerprint density at radius 3 is 3.10 bits per heavy atom. The number of oxazole rings is 1. The standard InChI is InChI=1S/C14H16N4O2/c19-13(12-7-16-10-20-12)17-5-4-14(8-17)3-1-2-11-6-15-9-18(11)14/h6-7,9-10H,1-5,8H2. The zero-order chi connectivity index (χ0) is 13.6. The Balaban J connectivity index is 1.61. The molecule has 1 unspecified atom stereocenters. The van der Waals surface area contributed by atoms with Crippen LogP contribution in [0.15, 0.2) is 29.5 Å². The Kier molecular flexibility index (Phi) is 2.45. The fourth-order valence-corrected chi connectivity index (χ4v) is 3.56. The van der Waals surface area contributed by atoms with Crippen LogP contribution in [0.1, 0.15) is 35.5 Å². The number of carbonyl (C=O) groups excluding carboxylic acids is 1. The minimum atomic E-state index is -0.0633. The highest BCUT2D eigenvalue weighted by Gasteiger charge is 2.44. The average Bonchev–Trinajstić information content (AvgIpc) is 3.19. The minimum absolute atomic E-state index is 0.0275. The molecule has 4 rings (SSSR count). The van der Waals surface area contributed by atoms with E-state index >= 15 is 0 Å². The monoisotopic (exact) mass is 272 g/mol. The predicted molar refractivity (Wildman–Crippen MR) is 70.2 cm³/mol. The number of likely N-dealkylation sites (tertiary alicyclic amines) is 1. The van der Waals surface area contributed by atoms with Gasteiger partial charge in [-0.05, 0) is 25.7 Å². The predicted octanol–water partition coefficient (Wildman–Crippen LogP) is 1.45. The lowest BCUT2D eigenvalue weighted by atomic mass is 9.87. The van der Waals surface area contributed by atoms with Crippen molar-refractivity contribution in [1.82, 2.24) is 19.4 Å². The summed E-state index contributed by atoms with van der Waals surface area (Å²) in [6, 6.07) is 0. The molecule has 4 heterocycles. The smallest absolute Gasteiger partial charge is 0.291 e. The van der Waals surface area contributed by atoms with E-state index in [-0.39, 0.29) is 11.4 Å². The summed E-state index contributed by atoms with van der Waals surface area (Å²) in [4.78, 5) is 22.3. The Bertz CT molecular complexity index is 633. The molecular formula is C14H16N4O2. The van der Waals surface area contributed by atoms with E-state index in [9.17, 15) is 4.79 Å². The van der Waals surface area contributed by atoms with Crippen LogP contribution in [0.5, 0.6) is 0 Å². The third kappa shape index (κ3) is 1.60. The van der Waals surface area contributed by atoms with E-state index < -0.39 is 0 Å². The summed E-state index contributed by atoms with van der Waals surface area (Å²) in [5, 5.41) is 0. The molecule has 2 aromatic rings. The average molecular weight is 272 g/mol. The molecule has 1 amide bonds. The first-order valence-corrected chi connectivity index (χ1v) is 6.98. The van der Waals surface area contributed by atoms with Crippen LogP contribution in [-0.4, -0.2) is 38.4 Å². The summed E-state index contributed by atoms with van der Waals surface area (Å²) >= 11 is 0. The molecule has 2 aliphatic heterocycles. The maximum atomic E-state index is 12.4. The molecule has 2 aromatic heterocycles. The van der Waals surface area contributed by atoms with Gasteiger partial charge in [-0.2, -0.15) is 0 Å². The molecule has 20 heavy (non-hydrogen) atoms. The zero-order valence-corrected chi connectivity index (χ0v) is 11.2. The normalized spacial score (nSPS) is 25.1. The van der Waals surface area contributed by atoms with Crippen molar-refractivity contribution in [3.05, 3.63) is 36.6 Å². The molecular weight excluding hydrogens is 256 g/mol. The first-order valence-electron chi connectivity index (χ1n) is 6.98. The van der Waals surface area contributed by atoms with Gasteiger partial charge in [0.15, 0.2) is 6.39 Å². The van der Waals surface area contributed by atoms with Crippen molar-refractivity contribution in [1.29, 1.82) is 0 Å². The molecule has 2 aliphatic rings. The van der Waals surface area contributed by atoms with Crippen molar-refractivity contribution in [3.63, 3.8) is 0 Å². The fourth-order valence-electron chi connectivity index (χ4n) is 3.56. The van der Waals surface area contributed by atoms with Gasteiger partial charge in [0.2, 0.25) is 5.76 Å². The van der Waals surface area contributed by atoms with Crippen LogP contribution in [0, 0.1) is 0 Å². The van der Waals surface area contributed by atoms with Crippen molar-refractivity contribution in [2.24, 2.45) is 0 Å². The summed E-state index contributed by atoms with van der Waals surface area (Å²) in [7, 11) is 0. The summed E-state index contributed by atoms with van der Waals surface area (Å²) in [5.74, 6) is 0.260. The highest BCUT2D eigenvalue weighted by atomic mass is 16.3. The highest BCUT2D eigenvalue weighted by molar-refractivity contribution is 5.91. The van der Waals surface area contributed by atoms with Crippen LogP contribution in [0.4, 0.5) is 0 Å². The number of aryl methyl sites for hydroxylation is 1. The van der Waals surface area contributed by atoms with Gasteiger partial charge in [0.05, 0.1) is 18.1 Å². The number of amides is 1. The van der Waals surface area contributed by atoms with Crippen molar-refractivity contribution in [2.45, 2.75) is 31.2 Å². The van der Waals surface area contributed by atoms with Gasteiger partial charge in [-0.3, -0.25) is 4.79 Å². The number of hydrogen-bond acceptors (Lipinski definition) is 4. The van der Waals surface area contributed by atoms with Crippen LogP contribution < -0.4 is 0 Å². The lowest BCUT2D eigenvalue weighted by Gasteiger charge is -2.36. The van der Waals surface area contributed by atoms with Crippen LogP contribution in [-0.2, 0) is 12.0 Å². The first-order chi connectivity index (χ1) is 9.78. The second-order valence-corrected chi connectivity index (χ2v) is 5.68. The number of hydrogen-bond donors (Lipinski definition) is 0. The molecule has 0 aromatic carbocycles. The van der Waals surface area contributed by atoms with Crippen molar-refractivity contribution >= 4 is 5.91 Å². The topological polar surface area (TPSA) is 64.2 Å². The van der Waals surface area contributed by atoms with Crippen LogP contribution in [0.3, 0.4) is 0 Å². The molecule has 0 aliphatic carbocycles. The Hall–Kier alpha value is -2.11. The van der Waals surface area contributed by atoms with Gasteiger partial charge in [-0.25, -0.2) is 9.97 Å². The third-order valence-electron chi connectivity index (χ3n) is 4.56. The SMILES string of the molecule is O=C(c1cnco1)N1CCC2(CCCc3cncn32)C1. The van der Waals surface area contributed by atoms with Gasteiger partial charge in [-0.15, -0.1) is 0 Å².